The van der Waals surface area contributed by atoms with Gasteiger partial charge in [0.25, 0.3) is 0 Å². The van der Waals surface area contributed by atoms with Crippen molar-refractivity contribution < 1.29 is 17.2 Å². The highest BCUT2D eigenvalue weighted by Gasteiger charge is 2.24. The van der Waals surface area contributed by atoms with Crippen LogP contribution in [0.1, 0.15) is 49.7 Å². The molecule has 0 atom stereocenters. The lowest BCUT2D eigenvalue weighted by Crippen LogP contribution is -2.13. The van der Waals surface area contributed by atoms with E-state index in [1.807, 2.05) is 0 Å². The maximum absolute atomic E-state index is 13.3. The zero-order valence-electron chi connectivity index (χ0n) is 13.4. The number of allylic oxidation sites excluding steroid dienone is 4. The Morgan fingerprint density at radius 1 is 0.875 bits per heavy atom. The molecule has 2 aliphatic rings. The zero-order valence-corrected chi connectivity index (χ0v) is 14.3. The van der Waals surface area contributed by atoms with E-state index >= 15 is 0 Å². The summed E-state index contributed by atoms with van der Waals surface area (Å²) < 4.78 is 50.1. The topological polar surface area (TPSA) is 60.2 Å². The molecule has 24 heavy (non-hydrogen) atoms. The molecule has 0 fully saturated rings. The first-order chi connectivity index (χ1) is 11.5. The van der Waals surface area contributed by atoms with Crippen LogP contribution in [-0.4, -0.2) is 21.8 Å². The van der Waals surface area contributed by atoms with E-state index in [2.05, 4.69) is 0 Å². The summed E-state index contributed by atoms with van der Waals surface area (Å²) in [6.07, 6.45) is 4.61. The van der Waals surface area contributed by atoms with E-state index in [1.165, 1.54) is 12.1 Å². The highest BCUT2D eigenvalue weighted by atomic mass is 32.2. The van der Waals surface area contributed by atoms with Gasteiger partial charge in [0.2, 0.25) is 10.0 Å². The molecule has 1 aromatic rings. The molecule has 2 aliphatic carbocycles. The Morgan fingerprint density at radius 2 is 1.42 bits per heavy atom. The van der Waals surface area contributed by atoms with Crippen LogP contribution >= 0.6 is 0 Å². The fraction of sp³-hybridized carbons (Fsp3) is 0.444. The minimum absolute atomic E-state index is 0.0132. The summed E-state index contributed by atoms with van der Waals surface area (Å²) in [6, 6.07) is 4.69. The third-order valence-electron chi connectivity index (χ3n) is 4.96. The van der Waals surface area contributed by atoms with E-state index in [1.54, 1.807) is 6.07 Å². The molecule has 0 saturated carbocycles. The van der Waals surface area contributed by atoms with Gasteiger partial charge in [-0.1, -0.05) is 6.07 Å². The molecule has 6 heteroatoms. The Bertz CT molecular complexity index is 825. The van der Waals surface area contributed by atoms with Gasteiger partial charge in [-0.3, -0.25) is 0 Å². The Morgan fingerprint density at radius 3 is 1.92 bits per heavy atom. The molecule has 0 aliphatic heterocycles. The van der Waals surface area contributed by atoms with Crippen LogP contribution in [0.25, 0.3) is 11.1 Å². The monoisotopic (exact) mass is 353 g/mol. The average Bonchev–Trinajstić information content (AvgIpc) is 3.21. The van der Waals surface area contributed by atoms with Gasteiger partial charge in [0.15, 0.2) is 0 Å². The largest absolute Gasteiger partial charge is 0.246 e. The minimum atomic E-state index is -3.84. The summed E-state index contributed by atoms with van der Waals surface area (Å²) in [6.45, 7) is -1.04. The van der Waals surface area contributed by atoms with Gasteiger partial charge in [0, 0.05) is 0 Å². The normalized spacial score (nSPS) is 18.8. The van der Waals surface area contributed by atoms with Crippen molar-refractivity contribution in [1.82, 2.24) is 0 Å². The molecule has 0 amide bonds. The molecule has 0 saturated heterocycles. The van der Waals surface area contributed by atoms with Crippen molar-refractivity contribution in [2.45, 2.75) is 43.4 Å². The van der Waals surface area contributed by atoms with Crippen LogP contribution in [0.15, 0.2) is 34.2 Å². The Balaban J connectivity index is 2.23. The average molecular weight is 353 g/mol. The maximum Gasteiger partial charge on any atom is 0.238 e. The molecular weight excluding hydrogens is 332 g/mol. The minimum Gasteiger partial charge on any atom is -0.246 e. The van der Waals surface area contributed by atoms with Crippen molar-refractivity contribution in [1.29, 1.82) is 0 Å². The summed E-state index contributed by atoms with van der Waals surface area (Å²) in [5, 5.41) is 5.26. The second kappa shape index (κ2) is 6.76. The molecule has 0 unspecified atom stereocenters. The van der Waals surface area contributed by atoms with Crippen LogP contribution in [0.3, 0.4) is 0 Å². The van der Waals surface area contributed by atoms with Gasteiger partial charge in [0.1, 0.15) is 13.3 Å². The molecule has 0 aromatic heterocycles. The predicted molar refractivity (Wildman–Crippen MR) is 91.3 cm³/mol. The third-order valence-corrected chi connectivity index (χ3v) is 5.87. The molecule has 2 N–H and O–H groups in total. The second-order valence-electron chi connectivity index (χ2n) is 6.39. The summed E-state index contributed by atoms with van der Waals surface area (Å²) in [5.41, 5.74) is 4.80. The maximum atomic E-state index is 13.3. The van der Waals surface area contributed by atoms with Gasteiger partial charge in [-0.25, -0.2) is 22.3 Å². The summed E-state index contributed by atoms with van der Waals surface area (Å²) in [7, 11) is -3.84. The Kier molecular flexibility index (Phi) is 4.88. The smallest absolute Gasteiger partial charge is 0.238 e. The number of nitrogens with two attached hydrogens (primary N) is 1. The van der Waals surface area contributed by atoms with Crippen LogP contribution in [0.2, 0.25) is 0 Å². The first-order valence-electron chi connectivity index (χ1n) is 8.17. The molecule has 0 heterocycles. The number of halogens is 2. The van der Waals surface area contributed by atoms with E-state index in [0.29, 0.717) is 24.0 Å². The first-order valence-corrected chi connectivity index (χ1v) is 9.71. The Hall–Kier alpha value is -1.53. The first kappa shape index (κ1) is 17.3. The van der Waals surface area contributed by atoms with Crippen molar-refractivity contribution in [3.8, 4) is 0 Å². The van der Waals surface area contributed by atoms with E-state index in [4.69, 9.17) is 5.14 Å². The van der Waals surface area contributed by atoms with Crippen LogP contribution in [0, 0.1) is 0 Å². The van der Waals surface area contributed by atoms with Crippen LogP contribution in [0.4, 0.5) is 8.78 Å². The summed E-state index contributed by atoms with van der Waals surface area (Å²) in [4.78, 5) is 0.0132. The fourth-order valence-corrected chi connectivity index (χ4v) is 4.31. The summed E-state index contributed by atoms with van der Waals surface area (Å²) >= 11 is 0. The van der Waals surface area contributed by atoms with Crippen molar-refractivity contribution in [3.05, 3.63) is 40.5 Å². The highest BCUT2D eigenvalue weighted by Crippen LogP contribution is 2.42. The van der Waals surface area contributed by atoms with E-state index < -0.39 is 23.4 Å². The second-order valence-corrected chi connectivity index (χ2v) is 7.95. The fourth-order valence-electron chi connectivity index (χ4n) is 3.77. The molecular formula is C18H21F2NO2S. The van der Waals surface area contributed by atoms with Crippen molar-refractivity contribution in [3.63, 3.8) is 0 Å². The molecule has 3 nitrogen and oxygen atoms in total. The van der Waals surface area contributed by atoms with Crippen molar-refractivity contribution >= 4 is 21.2 Å². The third kappa shape index (κ3) is 3.17. The number of benzene rings is 1. The zero-order chi connectivity index (χ0) is 17.3. The van der Waals surface area contributed by atoms with E-state index in [0.717, 1.165) is 48.0 Å². The highest BCUT2D eigenvalue weighted by molar-refractivity contribution is 7.89. The lowest BCUT2D eigenvalue weighted by atomic mass is 9.91. The molecule has 0 spiro atoms. The lowest BCUT2D eigenvalue weighted by Gasteiger charge is -2.16. The number of hydrogen-bond acceptors (Lipinski definition) is 2. The molecule has 1 aromatic carbocycles. The number of sulfonamides is 1. The van der Waals surface area contributed by atoms with Gasteiger partial charge in [-0.05, 0) is 84.1 Å². The lowest BCUT2D eigenvalue weighted by molar-refractivity contribution is 0.535. The van der Waals surface area contributed by atoms with Gasteiger partial charge < -0.3 is 0 Å². The van der Waals surface area contributed by atoms with Gasteiger partial charge in [0.05, 0.1) is 4.90 Å². The van der Waals surface area contributed by atoms with Crippen molar-refractivity contribution in [2.24, 2.45) is 5.14 Å². The van der Waals surface area contributed by atoms with Crippen LogP contribution in [0.5, 0.6) is 0 Å². The quantitative estimate of drug-likeness (QED) is 0.864. The van der Waals surface area contributed by atoms with Gasteiger partial charge >= 0.3 is 0 Å². The molecule has 130 valence electrons. The number of primary sulfonamides is 1. The number of rotatable bonds is 5. The Labute approximate surface area is 141 Å². The van der Waals surface area contributed by atoms with Crippen LogP contribution < -0.4 is 5.14 Å². The van der Waals surface area contributed by atoms with E-state index in [-0.39, 0.29) is 4.90 Å². The molecule has 0 bridgehead atoms. The van der Waals surface area contributed by atoms with Gasteiger partial charge in [-0.2, -0.15) is 0 Å². The number of hydrogen-bond donors (Lipinski definition) is 1. The standard InChI is InChI=1S/C18H21F2NO2S/c19-10-12-3-1-5-15(12)17-8-7-14(24(21,22)23)9-18(17)16-6-2-4-13(16)11-20/h7-9H,1-6,10-11H2,(H2,21,22,23). The van der Waals surface area contributed by atoms with Gasteiger partial charge in [-0.15, -0.1) is 0 Å². The SMILES string of the molecule is NS(=O)(=O)c1ccc(C2=C(CF)CCC2)c(C2=C(CF)CCC2)c1. The number of alkyl halides is 2. The predicted octanol–water partition coefficient (Wildman–Crippen LogP) is 4.15. The molecule has 3 rings (SSSR count). The molecule has 0 radical (unpaired) electrons. The van der Waals surface area contributed by atoms with E-state index in [9.17, 15) is 17.2 Å². The summed E-state index contributed by atoms with van der Waals surface area (Å²) in [5.74, 6) is 0. The van der Waals surface area contributed by atoms with Crippen LogP contribution in [-0.2, 0) is 10.0 Å². The van der Waals surface area contributed by atoms with Crippen molar-refractivity contribution in [2.75, 3.05) is 13.3 Å².